The molecule has 0 bridgehead atoms. The number of rotatable bonds is 6. The summed E-state index contributed by atoms with van der Waals surface area (Å²) in [6, 6.07) is 9.96. The van der Waals surface area contributed by atoms with Gasteiger partial charge in [-0.3, -0.25) is 9.48 Å². The number of benzene rings is 1. The fourth-order valence-electron chi connectivity index (χ4n) is 3.65. The van der Waals surface area contributed by atoms with Crippen LogP contribution >= 0.6 is 0 Å². The number of carbonyl (C=O) groups is 1. The maximum absolute atomic E-state index is 13.8. The van der Waals surface area contributed by atoms with E-state index in [9.17, 15) is 9.18 Å². The lowest BCUT2D eigenvalue weighted by molar-refractivity contribution is 0.0755. The van der Waals surface area contributed by atoms with Crippen molar-refractivity contribution in [3.8, 4) is 17.0 Å². The van der Waals surface area contributed by atoms with Gasteiger partial charge in [0, 0.05) is 38.1 Å². The Morgan fingerprint density at radius 1 is 1.20 bits per heavy atom. The largest absolute Gasteiger partial charge is 0.474 e. The van der Waals surface area contributed by atoms with E-state index in [2.05, 4.69) is 10.1 Å². The summed E-state index contributed by atoms with van der Waals surface area (Å²) in [5.74, 6) is 0.0603. The second-order valence-corrected chi connectivity index (χ2v) is 8.32. The zero-order valence-corrected chi connectivity index (χ0v) is 17.6. The molecule has 156 valence electrons. The molecule has 0 aliphatic carbocycles. The SMILES string of the molecule is Cc1nn(C)cc1-c1ccc(CN2Cc3ccnc(OCC(C)(C)F)c3C2=O)cc1. The van der Waals surface area contributed by atoms with Crippen LogP contribution in [-0.4, -0.2) is 37.8 Å². The van der Waals surface area contributed by atoms with Gasteiger partial charge >= 0.3 is 0 Å². The van der Waals surface area contributed by atoms with E-state index in [4.69, 9.17) is 4.74 Å². The minimum Gasteiger partial charge on any atom is -0.474 e. The molecule has 4 rings (SSSR count). The molecule has 0 spiro atoms. The molecule has 0 N–H and O–H groups in total. The number of aromatic nitrogens is 3. The lowest BCUT2D eigenvalue weighted by atomic mass is 10.0. The van der Waals surface area contributed by atoms with E-state index in [0.29, 0.717) is 18.7 Å². The third-order valence-corrected chi connectivity index (χ3v) is 5.07. The minimum atomic E-state index is -1.50. The quantitative estimate of drug-likeness (QED) is 0.617. The van der Waals surface area contributed by atoms with Gasteiger partial charge in [-0.15, -0.1) is 0 Å². The van der Waals surface area contributed by atoms with Gasteiger partial charge in [0.2, 0.25) is 5.88 Å². The third kappa shape index (κ3) is 4.06. The Morgan fingerprint density at radius 2 is 1.93 bits per heavy atom. The van der Waals surface area contributed by atoms with Crippen molar-refractivity contribution in [2.24, 2.45) is 7.05 Å². The zero-order chi connectivity index (χ0) is 21.5. The highest BCUT2D eigenvalue weighted by atomic mass is 19.1. The van der Waals surface area contributed by atoms with Crippen LogP contribution in [0.15, 0.2) is 42.7 Å². The maximum atomic E-state index is 13.8. The number of hydrogen-bond acceptors (Lipinski definition) is 4. The van der Waals surface area contributed by atoms with Crippen LogP contribution in [0.4, 0.5) is 4.39 Å². The summed E-state index contributed by atoms with van der Waals surface area (Å²) in [5.41, 5.74) is 3.98. The van der Waals surface area contributed by atoms with Gasteiger partial charge in [0.1, 0.15) is 17.8 Å². The zero-order valence-electron chi connectivity index (χ0n) is 17.6. The number of hydrogen-bond donors (Lipinski definition) is 0. The summed E-state index contributed by atoms with van der Waals surface area (Å²) >= 11 is 0. The highest BCUT2D eigenvalue weighted by Crippen LogP contribution is 2.31. The van der Waals surface area contributed by atoms with Crippen LogP contribution < -0.4 is 4.74 Å². The number of aryl methyl sites for hydroxylation is 2. The number of amides is 1. The van der Waals surface area contributed by atoms with Gasteiger partial charge in [-0.1, -0.05) is 24.3 Å². The Hall–Kier alpha value is -3.22. The summed E-state index contributed by atoms with van der Waals surface area (Å²) in [6.07, 6.45) is 3.60. The Balaban J connectivity index is 1.49. The molecule has 0 radical (unpaired) electrons. The summed E-state index contributed by atoms with van der Waals surface area (Å²) in [7, 11) is 1.91. The van der Waals surface area contributed by atoms with Crippen molar-refractivity contribution in [1.29, 1.82) is 0 Å². The van der Waals surface area contributed by atoms with Crippen molar-refractivity contribution in [3.63, 3.8) is 0 Å². The predicted octanol–water partition coefficient (Wildman–Crippen LogP) is 4.07. The van der Waals surface area contributed by atoms with E-state index in [0.717, 1.165) is 27.9 Å². The molecule has 1 aliphatic rings. The molecule has 0 atom stereocenters. The Morgan fingerprint density at radius 3 is 2.57 bits per heavy atom. The van der Waals surface area contributed by atoms with Crippen molar-refractivity contribution in [2.75, 3.05) is 6.61 Å². The highest BCUT2D eigenvalue weighted by Gasteiger charge is 2.32. The van der Waals surface area contributed by atoms with Crippen molar-refractivity contribution in [1.82, 2.24) is 19.7 Å². The first kappa shape index (κ1) is 20.1. The molecule has 1 aliphatic heterocycles. The number of fused-ring (bicyclic) bond motifs is 1. The first-order valence-corrected chi connectivity index (χ1v) is 9.90. The summed E-state index contributed by atoms with van der Waals surface area (Å²) in [4.78, 5) is 18.9. The first-order valence-electron chi connectivity index (χ1n) is 9.90. The molecule has 6 nitrogen and oxygen atoms in total. The summed E-state index contributed by atoms with van der Waals surface area (Å²) in [6.45, 7) is 5.66. The predicted molar refractivity (Wildman–Crippen MR) is 112 cm³/mol. The molecule has 1 aromatic carbocycles. The molecule has 0 unspecified atom stereocenters. The van der Waals surface area contributed by atoms with Gasteiger partial charge in [0.15, 0.2) is 0 Å². The van der Waals surface area contributed by atoms with E-state index in [-0.39, 0.29) is 18.4 Å². The van der Waals surface area contributed by atoms with Crippen molar-refractivity contribution < 1.29 is 13.9 Å². The fourth-order valence-corrected chi connectivity index (χ4v) is 3.65. The molecule has 0 fully saturated rings. The van der Waals surface area contributed by atoms with Crippen LogP contribution in [0.25, 0.3) is 11.1 Å². The van der Waals surface area contributed by atoms with Crippen molar-refractivity contribution in [2.45, 2.75) is 39.5 Å². The number of halogens is 1. The van der Waals surface area contributed by atoms with Gasteiger partial charge in [0.25, 0.3) is 5.91 Å². The number of pyridine rings is 1. The first-order chi connectivity index (χ1) is 14.2. The smallest absolute Gasteiger partial charge is 0.260 e. The lowest BCUT2D eigenvalue weighted by Gasteiger charge is -2.17. The molecule has 0 saturated carbocycles. The number of ether oxygens (including phenoxy) is 1. The van der Waals surface area contributed by atoms with Crippen LogP contribution in [0.5, 0.6) is 5.88 Å². The fraction of sp³-hybridized carbons (Fsp3) is 0.348. The van der Waals surface area contributed by atoms with E-state index in [1.54, 1.807) is 15.8 Å². The standard InChI is InChI=1S/C23H25FN4O2/c1-15-19(13-27(4)26-15)17-7-5-16(6-8-17)11-28-12-18-9-10-25-21(20(18)22(28)29)30-14-23(2,3)24/h5-10,13H,11-12,14H2,1-4H3. The monoisotopic (exact) mass is 408 g/mol. The third-order valence-electron chi connectivity index (χ3n) is 5.07. The molecule has 1 amide bonds. The van der Waals surface area contributed by atoms with Crippen LogP contribution in [0.2, 0.25) is 0 Å². The van der Waals surface area contributed by atoms with Crippen molar-refractivity contribution >= 4 is 5.91 Å². The lowest BCUT2D eigenvalue weighted by Crippen LogP contribution is -2.25. The molecule has 3 aromatic rings. The second-order valence-electron chi connectivity index (χ2n) is 8.32. The molecular weight excluding hydrogens is 383 g/mol. The van der Waals surface area contributed by atoms with Gasteiger partial charge in [0.05, 0.1) is 5.69 Å². The maximum Gasteiger partial charge on any atom is 0.260 e. The van der Waals surface area contributed by atoms with Crippen LogP contribution in [0, 0.1) is 6.92 Å². The molecule has 2 aromatic heterocycles. The van der Waals surface area contributed by atoms with E-state index in [1.165, 1.54) is 13.8 Å². The van der Waals surface area contributed by atoms with Gasteiger partial charge in [-0.2, -0.15) is 5.10 Å². The number of carbonyl (C=O) groups excluding carboxylic acids is 1. The van der Waals surface area contributed by atoms with Gasteiger partial charge in [-0.05, 0) is 43.5 Å². The molecule has 0 saturated heterocycles. The average molecular weight is 408 g/mol. The minimum absolute atomic E-state index is 0.142. The van der Waals surface area contributed by atoms with Crippen molar-refractivity contribution in [3.05, 3.63) is 65.1 Å². The van der Waals surface area contributed by atoms with E-state index in [1.807, 2.05) is 50.5 Å². The Labute approximate surface area is 175 Å². The highest BCUT2D eigenvalue weighted by molar-refractivity contribution is 6.00. The van der Waals surface area contributed by atoms with E-state index >= 15 is 0 Å². The Bertz CT molecular complexity index is 1080. The summed E-state index contributed by atoms with van der Waals surface area (Å²) < 4.78 is 21.1. The molecular formula is C23H25FN4O2. The van der Waals surface area contributed by atoms with Crippen LogP contribution in [-0.2, 0) is 20.1 Å². The molecule has 3 heterocycles. The summed E-state index contributed by atoms with van der Waals surface area (Å²) in [5, 5.41) is 4.39. The molecule has 30 heavy (non-hydrogen) atoms. The second kappa shape index (κ2) is 7.55. The van der Waals surface area contributed by atoms with Crippen LogP contribution in [0.1, 0.15) is 41.0 Å². The van der Waals surface area contributed by atoms with Crippen LogP contribution in [0.3, 0.4) is 0 Å². The van der Waals surface area contributed by atoms with Gasteiger partial charge < -0.3 is 9.64 Å². The number of nitrogens with zero attached hydrogens (tertiary/aromatic N) is 4. The number of alkyl halides is 1. The topological polar surface area (TPSA) is 60.3 Å². The molecule has 7 heteroatoms. The Kier molecular flexibility index (Phi) is 5.05. The van der Waals surface area contributed by atoms with Gasteiger partial charge in [-0.25, -0.2) is 9.37 Å². The normalized spacial score (nSPS) is 13.6. The van der Waals surface area contributed by atoms with E-state index < -0.39 is 5.67 Å². The average Bonchev–Trinajstić information content (AvgIpc) is 3.19.